The number of rotatable bonds is 5. The smallest absolute Gasteiger partial charge is 0.227 e. The van der Waals surface area contributed by atoms with Crippen LogP contribution in [0.2, 0.25) is 0 Å². The lowest BCUT2D eigenvalue weighted by molar-refractivity contribution is -0.129. The second kappa shape index (κ2) is 8.08. The van der Waals surface area contributed by atoms with Crippen molar-refractivity contribution in [1.82, 2.24) is 9.80 Å². The number of hydrogen-bond donors (Lipinski definition) is 1. The lowest BCUT2D eigenvalue weighted by Crippen LogP contribution is -2.37. The maximum absolute atomic E-state index is 13.3. The molecule has 0 aliphatic carbocycles. The average Bonchev–Trinajstić information content (AvgIpc) is 2.99. The van der Waals surface area contributed by atoms with E-state index in [0.29, 0.717) is 24.6 Å². The molecule has 0 unspecified atom stereocenters. The zero-order valence-corrected chi connectivity index (χ0v) is 14.2. The van der Waals surface area contributed by atoms with Crippen LogP contribution in [0.25, 0.3) is 0 Å². The SMILES string of the molecule is O=C(Cc1cccc(F)c1)N1C[C@@H](CO)[C@@H](CN2CCCCC2)C1. The number of aliphatic hydroxyl groups excluding tert-OH is 1. The van der Waals surface area contributed by atoms with E-state index in [1.807, 2.05) is 4.90 Å². The third-order valence-electron chi connectivity index (χ3n) is 5.35. The molecule has 0 spiro atoms. The summed E-state index contributed by atoms with van der Waals surface area (Å²) in [7, 11) is 0. The van der Waals surface area contributed by atoms with Gasteiger partial charge in [-0.1, -0.05) is 18.6 Å². The molecule has 132 valence electrons. The number of piperidine rings is 1. The quantitative estimate of drug-likeness (QED) is 0.895. The molecule has 0 radical (unpaired) electrons. The maximum atomic E-state index is 13.3. The van der Waals surface area contributed by atoms with Crippen molar-refractivity contribution in [2.75, 3.05) is 39.3 Å². The van der Waals surface area contributed by atoms with E-state index in [0.717, 1.165) is 19.6 Å². The normalized spacial score (nSPS) is 25.2. The number of halogens is 1. The van der Waals surface area contributed by atoms with Crippen LogP contribution in [0.3, 0.4) is 0 Å². The molecule has 2 heterocycles. The van der Waals surface area contributed by atoms with Crippen LogP contribution in [0.5, 0.6) is 0 Å². The summed E-state index contributed by atoms with van der Waals surface area (Å²) in [5.74, 6) is 0.214. The molecule has 0 bridgehead atoms. The Hall–Kier alpha value is -1.46. The third kappa shape index (κ3) is 4.33. The van der Waals surface area contributed by atoms with Crippen molar-refractivity contribution < 1.29 is 14.3 Å². The zero-order valence-electron chi connectivity index (χ0n) is 14.2. The first-order valence-corrected chi connectivity index (χ1v) is 9.01. The number of carbonyl (C=O) groups is 1. The van der Waals surface area contributed by atoms with E-state index >= 15 is 0 Å². The first-order chi connectivity index (χ1) is 11.7. The molecule has 4 nitrogen and oxygen atoms in total. The van der Waals surface area contributed by atoms with Gasteiger partial charge in [0, 0.05) is 32.2 Å². The minimum atomic E-state index is -0.307. The van der Waals surface area contributed by atoms with Crippen molar-refractivity contribution >= 4 is 5.91 Å². The van der Waals surface area contributed by atoms with Crippen LogP contribution in [-0.2, 0) is 11.2 Å². The van der Waals surface area contributed by atoms with Gasteiger partial charge in [0.05, 0.1) is 6.42 Å². The van der Waals surface area contributed by atoms with Gasteiger partial charge in [0.25, 0.3) is 0 Å². The van der Waals surface area contributed by atoms with Crippen molar-refractivity contribution in [2.24, 2.45) is 11.8 Å². The van der Waals surface area contributed by atoms with Gasteiger partial charge in [-0.2, -0.15) is 0 Å². The van der Waals surface area contributed by atoms with Gasteiger partial charge in [-0.3, -0.25) is 4.79 Å². The molecule has 1 amide bonds. The summed E-state index contributed by atoms with van der Waals surface area (Å²) in [6, 6.07) is 6.23. The number of nitrogens with zero attached hydrogens (tertiary/aromatic N) is 2. The molecule has 0 saturated carbocycles. The van der Waals surface area contributed by atoms with Crippen molar-refractivity contribution in [1.29, 1.82) is 0 Å². The predicted octanol–water partition coefficient (Wildman–Crippen LogP) is 1.92. The van der Waals surface area contributed by atoms with E-state index in [1.165, 1.54) is 31.4 Å². The number of likely N-dealkylation sites (tertiary alicyclic amines) is 2. The van der Waals surface area contributed by atoms with Gasteiger partial charge in [-0.25, -0.2) is 4.39 Å². The summed E-state index contributed by atoms with van der Waals surface area (Å²) >= 11 is 0. The number of hydrogen-bond acceptors (Lipinski definition) is 3. The maximum Gasteiger partial charge on any atom is 0.227 e. The van der Waals surface area contributed by atoms with Crippen molar-refractivity contribution in [3.63, 3.8) is 0 Å². The van der Waals surface area contributed by atoms with Gasteiger partial charge in [0.15, 0.2) is 0 Å². The predicted molar refractivity (Wildman–Crippen MR) is 91.0 cm³/mol. The molecule has 24 heavy (non-hydrogen) atoms. The first kappa shape index (κ1) is 17.4. The molecular weight excluding hydrogens is 307 g/mol. The summed E-state index contributed by atoms with van der Waals surface area (Å²) in [6.07, 6.45) is 4.03. The fourth-order valence-electron chi connectivity index (χ4n) is 3.96. The van der Waals surface area contributed by atoms with Crippen molar-refractivity contribution in [3.05, 3.63) is 35.6 Å². The second-order valence-corrected chi connectivity index (χ2v) is 7.17. The number of aliphatic hydroxyl groups is 1. The van der Waals surface area contributed by atoms with Crippen LogP contribution in [0, 0.1) is 17.7 Å². The number of amides is 1. The topological polar surface area (TPSA) is 43.8 Å². The molecule has 2 aliphatic heterocycles. The Morgan fingerprint density at radius 2 is 1.92 bits per heavy atom. The van der Waals surface area contributed by atoms with Crippen molar-refractivity contribution in [3.8, 4) is 0 Å². The molecule has 1 aromatic carbocycles. The van der Waals surface area contributed by atoms with E-state index in [2.05, 4.69) is 4.90 Å². The molecule has 2 atom stereocenters. The monoisotopic (exact) mass is 334 g/mol. The highest BCUT2D eigenvalue weighted by molar-refractivity contribution is 5.79. The lowest BCUT2D eigenvalue weighted by Gasteiger charge is -2.30. The van der Waals surface area contributed by atoms with Crippen LogP contribution in [-0.4, -0.2) is 60.1 Å². The molecule has 2 fully saturated rings. The van der Waals surface area contributed by atoms with Gasteiger partial charge in [-0.05, 0) is 49.5 Å². The van der Waals surface area contributed by atoms with Crippen molar-refractivity contribution in [2.45, 2.75) is 25.7 Å². The summed E-state index contributed by atoms with van der Waals surface area (Å²) in [4.78, 5) is 16.9. The van der Waals surface area contributed by atoms with Crippen LogP contribution in [0.1, 0.15) is 24.8 Å². The summed E-state index contributed by atoms with van der Waals surface area (Å²) in [6.45, 7) is 4.67. The van der Waals surface area contributed by atoms with E-state index in [4.69, 9.17) is 0 Å². The van der Waals surface area contributed by atoms with Gasteiger partial charge in [0.1, 0.15) is 5.82 Å². The highest BCUT2D eigenvalue weighted by atomic mass is 19.1. The van der Waals surface area contributed by atoms with Crippen LogP contribution >= 0.6 is 0 Å². The van der Waals surface area contributed by atoms with E-state index in [9.17, 15) is 14.3 Å². The molecule has 5 heteroatoms. The molecular formula is C19H27FN2O2. The Bertz CT molecular complexity index is 560. The van der Waals surface area contributed by atoms with E-state index in [-0.39, 0.29) is 30.7 Å². The molecule has 1 aromatic rings. The summed E-state index contributed by atoms with van der Waals surface area (Å²) in [5, 5.41) is 9.69. The standard InChI is InChI=1S/C19H27FN2O2/c20-18-6-4-5-15(9-18)10-19(24)22-12-16(17(13-22)14-23)11-21-7-2-1-3-8-21/h4-6,9,16-17,23H,1-3,7-8,10-14H2/t16-,17-/m0/s1. The Morgan fingerprint density at radius 3 is 2.62 bits per heavy atom. The molecule has 2 aliphatic rings. The van der Waals surface area contributed by atoms with Gasteiger partial charge < -0.3 is 14.9 Å². The largest absolute Gasteiger partial charge is 0.396 e. The average molecular weight is 334 g/mol. The minimum Gasteiger partial charge on any atom is -0.396 e. The fraction of sp³-hybridized carbons (Fsp3) is 0.632. The fourth-order valence-corrected chi connectivity index (χ4v) is 3.96. The summed E-state index contributed by atoms with van der Waals surface area (Å²) in [5.41, 5.74) is 0.708. The number of benzene rings is 1. The van der Waals surface area contributed by atoms with Crippen LogP contribution in [0.4, 0.5) is 4.39 Å². The second-order valence-electron chi connectivity index (χ2n) is 7.17. The highest BCUT2D eigenvalue weighted by Crippen LogP contribution is 2.26. The minimum absolute atomic E-state index is 0.0280. The van der Waals surface area contributed by atoms with Gasteiger partial charge >= 0.3 is 0 Å². The molecule has 1 N–H and O–H groups in total. The van der Waals surface area contributed by atoms with E-state index < -0.39 is 0 Å². The zero-order chi connectivity index (χ0) is 16.9. The first-order valence-electron chi connectivity index (χ1n) is 9.01. The molecule has 3 rings (SSSR count). The third-order valence-corrected chi connectivity index (χ3v) is 5.35. The van der Waals surface area contributed by atoms with Gasteiger partial charge in [0.2, 0.25) is 5.91 Å². The molecule has 2 saturated heterocycles. The van der Waals surface area contributed by atoms with E-state index in [1.54, 1.807) is 12.1 Å². The van der Waals surface area contributed by atoms with Crippen LogP contribution in [0.15, 0.2) is 24.3 Å². The summed E-state index contributed by atoms with van der Waals surface area (Å²) < 4.78 is 13.3. The molecule has 0 aromatic heterocycles. The Kier molecular flexibility index (Phi) is 5.85. The Balaban J connectivity index is 1.57. The Morgan fingerprint density at radius 1 is 1.17 bits per heavy atom. The van der Waals surface area contributed by atoms with Gasteiger partial charge in [-0.15, -0.1) is 0 Å². The lowest BCUT2D eigenvalue weighted by atomic mass is 9.95. The highest BCUT2D eigenvalue weighted by Gasteiger charge is 2.35. The Labute approximate surface area is 143 Å². The van der Waals surface area contributed by atoms with Crippen LogP contribution < -0.4 is 0 Å². The number of carbonyl (C=O) groups excluding carboxylic acids is 1.